The average Bonchev–Trinajstić information content (AvgIpc) is 3.51. The highest BCUT2D eigenvalue weighted by Crippen LogP contribution is 2.16. The second-order valence-electron chi connectivity index (χ2n) is 22.8. The normalized spacial score (nSPS) is 13.9. The van der Waals surface area contributed by atoms with Crippen LogP contribution >= 0.6 is 0 Å². The molecule has 0 fully saturated rings. The van der Waals surface area contributed by atoms with E-state index in [4.69, 9.17) is 0 Å². The maximum atomic E-state index is 12.5. The van der Waals surface area contributed by atoms with Crippen molar-refractivity contribution in [1.29, 1.82) is 0 Å². The Bertz CT molecular complexity index is 1840. The molecule has 3 N–H and O–H groups in total. The Labute approximate surface area is 521 Å². The van der Waals surface area contributed by atoms with Gasteiger partial charge in [0.05, 0.1) is 18.8 Å². The van der Waals surface area contributed by atoms with Gasteiger partial charge in [-0.15, -0.1) is 0 Å². The molecular weight excluding hydrogens is 1020 g/mol. The summed E-state index contributed by atoms with van der Waals surface area (Å²) in [5.74, 6) is -0.108. The van der Waals surface area contributed by atoms with E-state index in [1.165, 1.54) is 141 Å². The summed E-state index contributed by atoms with van der Waals surface area (Å²) in [4.78, 5) is 12.5. The van der Waals surface area contributed by atoms with Crippen molar-refractivity contribution in [1.82, 2.24) is 5.32 Å². The Morgan fingerprint density at radius 1 is 0.298 bits per heavy atom. The first-order valence-electron chi connectivity index (χ1n) is 35.0. The van der Waals surface area contributed by atoms with Gasteiger partial charge in [0.2, 0.25) is 5.91 Å². The highest BCUT2D eigenvalue weighted by molar-refractivity contribution is 5.76. The minimum absolute atomic E-state index is 0.108. The van der Waals surface area contributed by atoms with E-state index in [-0.39, 0.29) is 12.5 Å². The van der Waals surface area contributed by atoms with Crippen LogP contribution in [0.4, 0.5) is 0 Å². The molecular formula is C80H131NO3. The number of rotatable bonds is 62. The monoisotopic (exact) mass is 1150 g/mol. The van der Waals surface area contributed by atoms with E-state index in [0.29, 0.717) is 6.42 Å². The number of carbonyl (C=O) groups excluding carboxylic acids is 1. The molecule has 0 aromatic rings. The van der Waals surface area contributed by atoms with Crippen LogP contribution in [0.3, 0.4) is 0 Å². The van der Waals surface area contributed by atoms with E-state index >= 15 is 0 Å². The summed E-state index contributed by atoms with van der Waals surface area (Å²) in [6.07, 6.45) is 118. The molecule has 0 aromatic carbocycles. The summed E-state index contributed by atoms with van der Waals surface area (Å²) < 4.78 is 0. The minimum Gasteiger partial charge on any atom is -0.394 e. The highest BCUT2D eigenvalue weighted by Gasteiger charge is 2.18. The molecule has 0 saturated carbocycles. The molecule has 2 atom stereocenters. The van der Waals surface area contributed by atoms with E-state index in [1.54, 1.807) is 6.08 Å². The zero-order valence-electron chi connectivity index (χ0n) is 54.6. The number of aliphatic hydroxyl groups is 2. The molecule has 1 amide bonds. The first-order valence-corrected chi connectivity index (χ1v) is 35.0. The first kappa shape index (κ1) is 79.5. The number of nitrogens with one attached hydrogen (secondary N) is 1. The van der Waals surface area contributed by atoms with Crippen molar-refractivity contribution in [2.45, 2.75) is 309 Å². The van der Waals surface area contributed by atoms with E-state index in [9.17, 15) is 15.0 Å². The Morgan fingerprint density at radius 2 is 0.536 bits per heavy atom. The molecule has 474 valence electrons. The lowest BCUT2D eigenvalue weighted by Gasteiger charge is -2.19. The maximum Gasteiger partial charge on any atom is 0.220 e. The lowest BCUT2D eigenvalue weighted by Crippen LogP contribution is -2.45. The van der Waals surface area contributed by atoms with Crippen LogP contribution in [0.1, 0.15) is 296 Å². The molecule has 0 rings (SSSR count). The van der Waals surface area contributed by atoms with Crippen LogP contribution in [-0.4, -0.2) is 34.9 Å². The molecule has 2 unspecified atom stereocenters. The van der Waals surface area contributed by atoms with Crippen LogP contribution in [0.25, 0.3) is 0 Å². The standard InChI is InChI=1S/C80H131NO3/c1-3-5-7-9-11-13-15-17-19-21-23-25-27-29-31-33-35-36-37-38-39-40-41-42-43-44-46-48-50-52-54-56-58-60-62-64-66-68-70-72-74-76-80(84)81-78(77-82)79(83)75-73-71-69-67-65-63-61-59-57-55-53-51-49-47-45-34-32-30-28-26-24-22-20-18-16-14-12-10-8-6-4-2/h5,7,11,13,17,19,23,25,29,31,35-36,38-39,41-42,44,46,50,52,56-59,62,64-65,67,73,75,78-79,82-83H,3-4,6,8-10,12,14-16,18,20-22,24,26-28,30,32-34,37,40,43,45,47-49,51,53-55,60-61,63,66,68-72,74,76-77H2,1-2H3,(H,81,84)/b7-5-,13-11-,19-17-,25-23-,31-29-,36-35-,39-38-,42-41-,46-44-,52-50-,58-56-,59-57+,64-62-,67-65+,75-73+. The zero-order valence-corrected chi connectivity index (χ0v) is 54.6. The molecule has 0 aromatic heterocycles. The van der Waals surface area contributed by atoms with Gasteiger partial charge < -0.3 is 15.5 Å². The van der Waals surface area contributed by atoms with Crippen LogP contribution in [0, 0.1) is 0 Å². The number of hydrogen-bond acceptors (Lipinski definition) is 3. The second-order valence-corrected chi connectivity index (χ2v) is 22.8. The van der Waals surface area contributed by atoms with Crippen molar-refractivity contribution in [3.8, 4) is 0 Å². The van der Waals surface area contributed by atoms with E-state index in [0.717, 1.165) is 135 Å². The Balaban J connectivity index is 3.69. The third kappa shape index (κ3) is 68.3. The predicted octanol–water partition coefficient (Wildman–Crippen LogP) is 24.4. The molecule has 0 spiro atoms. The Morgan fingerprint density at radius 3 is 0.833 bits per heavy atom. The smallest absolute Gasteiger partial charge is 0.220 e. The minimum atomic E-state index is -0.897. The number of hydrogen-bond donors (Lipinski definition) is 3. The SMILES string of the molecule is CC/C=C\C/C=C\C/C=C\C/C=C\C/C=C\C/C=C\C/C=C\C/C=C\C/C=C\C/C=C\C/C=C\C/C=C\CCCCCCC(=O)NC(CO)C(O)/C=C/CC/C=C/CC/C=C/CCCCCCCCCCCCCCCCCCCCCCC. The van der Waals surface area contributed by atoms with Gasteiger partial charge in [0.25, 0.3) is 0 Å². The van der Waals surface area contributed by atoms with E-state index in [1.807, 2.05) is 6.08 Å². The average molecular weight is 1150 g/mol. The molecule has 0 radical (unpaired) electrons. The summed E-state index contributed by atoms with van der Waals surface area (Å²) in [6, 6.07) is -0.676. The summed E-state index contributed by atoms with van der Waals surface area (Å²) >= 11 is 0. The molecule has 0 aliphatic rings. The molecule has 0 bridgehead atoms. The van der Waals surface area contributed by atoms with E-state index in [2.05, 4.69) is 189 Å². The maximum absolute atomic E-state index is 12.5. The van der Waals surface area contributed by atoms with Gasteiger partial charge >= 0.3 is 0 Å². The third-order valence-corrected chi connectivity index (χ3v) is 14.9. The van der Waals surface area contributed by atoms with Gasteiger partial charge in [0.15, 0.2) is 0 Å². The summed E-state index contributed by atoms with van der Waals surface area (Å²) in [7, 11) is 0. The summed E-state index contributed by atoms with van der Waals surface area (Å²) in [5.41, 5.74) is 0. The molecule has 0 heterocycles. The van der Waals surface area contributed by atoms with Gasteiger partial charge in [0.1, 0.15) is 0 Å². The molecule has 4 nitrogen and oxygen atoms in total. The topological polar surface area (TPSA) is 69.6 Å². The summed E-state index contributed by atoms with van der Waals surface area (Å²) in [6.45, 7) is 4.18. The quantitative estimate of drug-likeness (QED) is 0.0420. The number of amides is 1. The number of aliphatic hydroxyl groups excluding tert-OH is 2. The third-order valence-electron chi connectivity index (χ3n) is 14.9. The summed E-state index contributed by atoms with van der Waals surface area (Å²) in [5, 5.41) is 23.2. The fourth-order valence-electron chi connectivity index (χ4n) is 9.61. The lowest BCUT2D eigenvalue weighted by molar-refractivity contribution is -0.123. The lowest BCUT2D eigenvalue weighted by atomic mass is 10.0. The van der Waals surface area contributed by atoms with E-state index < -0.39 is 12.1 Å². The van der Waals surface area contributed by atoms with Crippen LogP contribution in [0.2, 0.25) is 0 Å². The molecule has 84 heavy (non-hydrogen) atoms. The van der Waals surface area contributed by atoms with Crippen molar-refractivity contribution < 1.29 is 15.0 Å². The molecule has 0 saturated heterocycles. The molecule has 4 heteroatoms. The Kier molecular flexibility index (Phi) is 68.8. The molecule has 0 aliphatic carbocycles. The first-order chi connectivity index (χ1) is 41.7. The van der Waals surface area contributed by atoms with Crippen LogP contribution < -0.4 is 5.32 Å². The second kappa shape index (κ2) is 72.7. The predicted molar refractivity (Wildman–Crippen MR) is 377 cm³/mol. The van der Waals surface area contributed by atoms with Gasteiger partial charge in [0, 0.05) is 6.42 Å². The van der Waals surface area contributed by atoms with Crippen LogP contribution in [0.5, 0.6) is 0 Å². The number of allylic oxidation sites excluding steroid dienone is 29. The fraction of sp³-hybridized carbons (Fsp3) is 0.613. The Hall–Kier alpha value is -4.51. The van der Waals surface area contributed by atoms with Crippen molar-refractivity contribution in [3.05, 3.63) is 182 Å². The van der Waals surface area contributed by atoms with Crippen molar-refractivity contribution in [3.63, 3.8) is 0 Å². The highest BCUT2D eigenvalue weighted by atomic mass is 16.3. The van der Waals surface area contributed by atoms with Crippen LogP contribution in [0.15, 0.2) is 182 Å². The van der Waals surface area contributed by atoms with Crippen molar-refractivity contribution >= 4 is 5.91 Å². The van der Waals surface area contributed by atoms with Crippen molar-refractivity contribution in [2.24, 2.45) is 0 Å². The van der Waals surface area contributed by atoms with Gasteiger partial charge in [-0.2, -0.15) is 0 Å². The van der Waals surface area contributed by atoms with Crippen LogP contribution in [-0.2, 0) is 4.79 Å². The number of carbonyl (C=O) groups is 1. The number of unbranched alkanes of at least 4 members (excludes halogenated alkanes) is 27. The van der Waals surface area contributed by atoms with Gasteiger partial charge in [-0.1, -0.05) is 337 Å². The molecule has 0 aliphatic heterocycles. The van der Waals surface area contributed by atoms with Gasteiger partial charge in [-0.25, -0.2) is 0 Å². The zero-order chi connectivity index (χ0) is 60.5. The van der Waals surface area contributed by atoms with Crippen molar-refractivity contribution in [2.75, 3.05) is 6.61 Å². The largest absolute Gasteiger partial charge is 0.394 e. The fourth-order valence-corrected chi connectivity index (χ4v) is 9.61. The van der Waals surface area contributed by atoms with Gasteiger partial charge in [-0.05, 0) is 135 Å². The van der Waals surface area contributed by atoms with Gasteiger partial charge in [-0.3, -0.25) is 4.79 Å².